The molecular formula is C7H11N3O2. The van der Waals surface area contributed by atoms with Crippen LogP contribution in [0.1, 0.15) is 18.1 Å². The Balaban J connectivity index is 2.62. The summed E-state index contributed by atoms with van der Waals surface area (Å²) in [6.45, 7) is 1.78. The largest absolute Gasteiger partial charge is 0.481 e. The fourth-order valence-electron chi connectivity index (χ4n) is 0.993. The molecule has 0 amide bonds. The predicted octanol–water partition coefficient (Wildman–Crippen LogP) is 0.141. The summed E-state index contributed by atoms with van der Waals surface area (Å²) < 4.78 is 1.61. The van der Waals surface area contributed by atoms with E-state index in [1.807, 2.05) is 0 Å². The molecule has 0 saturated carbocycles. The Morgan fingerprint density at radius 2 is 2.33 bits per heavy atom. The Hall–Kier alpha value is -1.39. The Bertz CT molecular complexity index is 293. The van der Waals surface area contributed by atoms with Gasteiger partial charge < -0.3 is 5.11 Å². The highest BCUT2D eigenvalue weighted by Gasteiger charge is 2.05. The second-order valence-corrected chi connectivity index (χ2v) is 2.59. The highest BCUT2D eigenvalue weighted by atomic mass is 16.4. The van der Waals surface area contributed by atoms with E-state index >= 15 is 0 Å². The van der Waals surface area contributed by atoms with Crippen molar-refractivity contribution in [2.75, 3.05) is 0 Å². The van der Waals surface area contributed by atoms with Gasteiger partial charge in [-0.15, -0.1) is 0 Å². The molecule has 12 heavy (non-hydrogen) atoms. The van der Waals surface area contributed by atoms with Crippen LogP contribution in [0.15, 0.2) is 0 Å². The Morgan fingerprint density at radius 1 is 1.67 bits per heavy atom. The van der Waals surface area contributed by atoms with Gasteiger partial charge in [-0.3, -0.25) is 9.48 Å². The number of carboxylic acid groups (broad SMARTS) is 1. The molecule has 66 valence electrons. The van der Waals surface area contributed by atoms with Crippen molar-refractivity contribution < 1.29 is 9.90 Å². The molecule has 1 rings (SSSR count). The smallest absolute Gasteiger partial charge is 0.303 e. The van der Waals surface area contributed by atoms with Gasteiger partial charge in [0.15, 0.2) is 0 Å². The van der Waals surface area contributed by atoms with Gasteiger partial charge in [-0.2, -0.15) is 5.10 Å². The van der Waals surface area contributed by atoms with Gasteiger partial charge in [-0.05, 0) is 6.92 Å². The van der Waals surface area contributed by atoms with E-state index in [2.05, 4.69) is 10.1 Å². The first-order chi connectivity index (χ1) is 5.59. The highest BCUT2D eigenvalue weighted by molar-refractivity contribution is 5.66. The predicted molar refractivity (Wildman–Crippen MR) is 41.7 cm³/mol. The molecule has 0 unspecified atom stereocenters. The molecule has 5 heteroatoms. The fourth-order valence-corrected chi connectivity index (χ4v) is 0.993. The minimum atomic E-state index is -0.810. The van der Waals surface area contributed by atoms with Crippen molar-refractivity contribution in [3.8, 4) is 0 Å². The summed E-state index contributed by atoms with van der Waals surface area (Å²) >= 11 is 0. The molecule has 1 aromatic rings. The summed E-state index contributed by atoms with van der Waals surface area (Å²) in [4.78, 5) is 14.3. The van der Waals surface area contributed by atoms with Crippen molar-refractivity contribution in [1.29, 1.82) is 0 Å². The number of hydrogen-bond acceptors (Lipinski definition) is 3. The molecule has 0 radical (unpaired) electrons. The van der Waals surface area contributed by atoms with Crippen LogP contribution in [-0.4, -0.2) is 25.8 Å². The molecule has 0 aliphatic carbocycles. The summed E-state index contributed by atoms with van der Waals surface area (Å²) in [6, 6.07) is 0. The van der Waals surface area contributed by atoms with E-state index in [4.69, 9.17) is 5.11 Å². The summed E-state index contributed by atoms with van der Waals surface area (Å²) in [6.07, 6.45) is 0.540. The van der Waals surface area contributed by atoms with E-state index < -0.39 is 5.97 Å². The molecule has 0 saturated heterocycles. The van der Waals surface area contributed by atoms with E-state index in [-0.39, 0.29) is 6.42 Å². The number of hydrogen-bond donors (Lipinski definition) is 1. The van der Waals surface area contributed by atoms with Crippen LogP contribution in [0.3, 0.4) is 0 Å². The summed E-state index contributed by atoms with van der Waals surface area (Å²) in [5.74, 6) is 0.587. The van der Waals surface area contributed by atoms with Crippen LogP contribution in [0.5, 0.6) is 0 Å². The first-order valence-corrected chi connectivity index (χ1v) is 3.68. The highest BCUT2D eigenvalue weighted by Crippen LogP contribution is 1.99. The summed E-state index contributed by atoms with van der Waals surface area (Å²) in [7, 11) is 1.76. The fraction of sp³-hybridized carbons (Fsp3) is 0.571. The third-order valence-electron chi connectivity index (χ3n) is 1.52. The number of carboxylic acids is 1. The zero-order valence-corrected chi connectivity index (χ0v) is 7.11. The lowest BCUT2D eigenvalue weighted by molar-refractivity contribution is -0.137. The standard InChI is InChI=1S/C7H11N3O2/c1-5-8-6(10(2)9-5)3-4-7(11)12/h3-4H2,1-2H3,(H,11,12). The van der Waals surface area contributed by atoms with E-state index in [0.29, 0.717) is 12.2 Å². The molecule has 0 spiro atoms. The Morgan fingerprint density at radius 3 is 2.75 bits per heavy atom. The minimum Gasteiger partial charge on any atom is -0.481 e. The molecule has 1 N–H and O–H groups in total. The van der Waals surface area contributed by atoms with Gasteiger partial charge in [0, 0.05) is 13.5 Å². The maximum Gasteiger partial charge on any atom is 0.303 e. The van der Waals surface area contributed by atoms with Crippen LogP contribution in [0.25, 0.3) is 0 Å². The number of carbonyl (C=O) groups is 1. The lowest BCUT2D eigenvalue weighted by Gasteiger charge is -1.95. The van der Waals surface area contributed by atoms with Gasteiger partial charge in [-0.25, -0.2) is 4.98 Å². The second kappa shape index (κ2) is 3.34. The molecule has 1 aromatic heterocycles. The average Bonchev–Trinajstić information content (AvgIpc) is 2.26. The Kier molecular flexibility index (Phi) is 2.42. The first kappa shape index (κ1) is 8.70. The molecule has 0 atom stereocenters. The van der Waals surface area contributed by atoms with Crippen molar-refractivity contribution >= 4 is 5.97 Å². The van der Waals surface area contributed by atoms with Crippen LogP contribution in [0, 0.1) is 6.92 Å². The van der Waals surface area contributed by atoms with E-state index in [1.54, 1.807) is 18.7 Å². The van der Waals surface area contributed by atoms with Crippen LogP contribution in [0.4, 0.5) is 0 Å². The molecule has 1 heterocycles. The number of aromatic nitrogens is 3. The molecule has 0 aliphatic rings. The van der Waals surface area contributed by atoms with Crippen LogP contribution in [-0.2, 0) is 18.3 Å². The van der Waals surface area contributed by atoms with Crippen LogP contribution < -0.4 is 0 Å². The van der Waals surface area contributed by atoms with Crippen molar-refractivity contribution in [1.82, 2.24) is 14.8 Å². The molecule has 0 aliphatic heterocycles. The van der Waals surface area contributed by atoms with Crippen molar-refractivity contribution in [3.63, 3.8) is 0 Å². The third-order valence-corrected chi connectivity index (χ3v) is 1.52. The van der Waals surface area contributed by atoms with Crippen molar-refractivity contribution in [2.24, 2.45) is 7.05 Å². The number of rotatable bonds is 3. The van der Waals surface area contributed by atoms with Gasteiger partial charge >= 0.3 is 5.97 Å². The molecular weight excluding hydrogens is 158 g/mol. The molecule has 0 bridgehead atoms. The van der Waals surface area contributed by atoms with Gasteiger partial charge in [0.25, 0.3) is 0 Å². The number of aryl methyl sites for hydroxylation is 3. The minimum absolute atomic E-state index is 0.103. The second-order valence-electron chi connectivity index (χ2n) is 2.59. The van der Waals surface area contributed by atoms with Gasteiger partial charge in [0.2, 0.25) is 0 Å². The maximum atomic E-state index is 10.2. The zero-order valence-electron chi connectivity index (χ0n) is 7.11. The van der Waals surface area contributed by atoms with Gasteiger partial charge in [-0.1, -0.05) is 0 Å². The first-order valence-electron chi connectivity index (χ1n) is 3.68. The topological polar surface area (TPSA) is 68.0 Å². The molecule has 5 nitrogen and oxygen atoms in total. The normalized spacial score (nSPS) is 10.2. The lowest BCUT2D eigenvalue weighted by atomic mass is 10.3. The van der Waals surface area contributed by atoms with Crippen LogP contribution >= 0.6 is 0 Å². The van der Waals surface area contributed by atoms with Crippen LogP contribution in [0.2, 0.25) is 0 Å². The van der Waals surface area contributed by atoms with Gasteiger partial charge in [0.1, 0.15) is 11.6 Å². The quantitative estimate of drug-likeness (QED) is 0.698. The monoisotopic (exact) mass is 169 g/mol. The maximum absolute atomic E-state index is 10.2. The zero-order chi connectivity index (χ0) is 9.14. The SMILES string of the molecule is Cc1nc(CCC(=O)O)n(C)n1. The van der Waals surface area contributed by atoms with E-state index in [9.17, 15) is 4.79 Å². The van der Waals surface area contributed by atoms with Crippen molar-refractivity contribution in [2.45, 2.75) is 19.8 Å². The van der Waals surface area contributed by atoms with Crippen molar-refractivity contribution in [3.05, 3.63) is 11.6 Å². The third kappa shape index (κ3) is 2.05. The lowest BCUT2D eigenvalue weighted by Crippen LogP contribution is -2.03. The summed E-state index contributed by atoms with van der Waals surface area (Å²) in [5, 5.41) is 12.4. The summed E-state index contributed by atoms with van der Waals surface area (Å²) in [5.41, 5.74) is 0. The van der Waals surface area contributed by atoms with E-state index in [0.717, 1.165) is 5.82 Å². The molecule has 0 aromatic carbocycles. The average molecular weight is 169 g/mol. The number of aliphatic carboxylic acids is 1. The van der Waals surface area contributed by atoms with Gasteiger partial charge in [0.05, 0.1) is 6.42 Å². The van der Waals surface area contributed by atoms with E-state index in [1.165, 1.54) is 0 Å². The molecule has 0 fully saturated rings. The number of nitrogens with zero attached hydrogens (tertiary/aromatic N) is 3. The Labute approximate surface area is 70.0 Å².